The molecule has 0 amide bonds. The zero-order chi connectivity index (χ0) is 7.40. The third-order valence-corrected chi connectivity index (χ3v) is 1.34. The molecule has 0 fully saturated rings. The van der Waals surface area contributed by atoms with Gasteiger partial charge in [0.2, 0.25) is 0 Å². The van der Waals surface area contributed by atoms with E-state index in [1.807, 2.05) is 12.2 Å². The van der Waals surface area contributed by atoms with Gasteiger partial charge in [-0.3, -0.25) is 4.99 Å². The molecule has 0 bridgehead atoms. The number of amidine groups is 1. The van der Waals surface area contributed by atoms with Gasteiger partial charge in [0.25, 0.3) is 0 Å². The molecule has 0 aromatic rings. The van der Waals surface area contributed by atoms with Gasteiger partial charge in [0.15, 0.2) is 0 Å². The molecule has 0 spiro atoms. The largest absolute Gasteiger partial charge is 0.384 e. The Balaban J connectivity index is 2.59. The lowest BCUT2D eigenvalue weighted by Gasteiger charge is -2.09. The summed E-state index contributed by atoms with van der Waals surface area (Å²) in [5, 5.41) is 3.36. The number of hydrazone groups is 1. The second kappa shape index (κ2) is 3.00. The fourth-order valence-corrected chi connectivity index (χ4v) is 0.766. The maximum atomic E-state index is 5.43. The molecule has 10 heavy (non-hydrogen) atoms. The molecule has 1 atom stereocenters. The van der Waals surface area contributed by atoms with Gasteiger partial charge in [-0.25, -0.2) is 0 Å². The van der Waals surface area contributed by atoms with Crippen molar-refractivity contribution in [2.75, 3.05) is 0 Å². The van der Waals surface area contributed by atoms with Gasteiger partial charge in [0.1, 0.15) is 11.9 Å². The molecular formula is C6H10N4. The summed E-state index contributed by atoms with van der Waals surface area (Å²) < 4.78 is 0. The smallest absolute Gasteiger partial charge is 0.144 e. The van der Waals surface area contributed by atoms with E-state index >= 15 is 0 Å². The lowest BCUT2D eigenvalue weighted by atomic mass is 10.1. The van der Waals surface area contributed by atoms with Crippen LogP contribution < -0.4 is 11.6 Å². The molecule has 1 aliphatic heterocycles. The number of nitrogens with zero attached hydrogens (tertiary/aromatic N) is 2. The summed E-state index contributed by atoms with van der Waals surface area (Å²) in [5.74, 6) is 5.36. The second-order valence-electron chi connectivity index (χ2n) is 2.03. The maximum absolute atomic E-state index is 5.43. The van der Waals surface area contributed by atoms with Crippen molar-refractivity contribution in [3.63, 3.8) is 0 Å². The molecule has 4 nitrogen and oxygen atoms in total. The number of hydrogen-bond acceptors (Lipinski definition) is 3. The predicted octanol–water partition coefficient (Wildman–Crippen LogP) is -0.383. The Hall–Kier alpha value is -1.32. The van der Waals surface area contributed by atoms with E-state index in [1.165, 1.54) is 0 Å². The molecule has 0 aromatic carbocycles. The van der Waals surface area contributed by atoms with E-state index in [0.29, 0.717) is 5.84 Å². The van der Waals surface area contributed by atoms with Gasteiger partial charge >= 0.3 is 0 Å². The molecule has 4 N–H and O–H groups in total. The van der Waals surface area contributed by atoms with Crippen molar-refractivity contribution >= 4 is 12.1 Å². The van der Waals surface area contributed by atoms with E-state index < -0.39 is 0 Å². The number of hydrogen-bond donors (Lipinski definition) is 2. The Morgan fingerprint density at radius 3 is 3.00 bits per heavy atom. The molecule has 0 aromatic heterocycles. The van der Waals surface area contributed by atoms with Crippen LogP contribution in [0, 0.1) is 0 Å². The first kappa shape index (κ1) is 6.80. The van der Waals surface area contributed by atoms with Crippen molar-refractivity contribution in [1.82, 2.24) is 0 Å². The van der Waals surface area contributed by atoms with Crippen LogP contribution in [0.5, 0.6) is 0 Å². The van der Waals surface area contributed by atoms with Crippen molar-refractivity contribution in [3.8, 4) is 0 Å². The Morgan fingerprint density at radius 1 is 1.70 bits per heavy atom. The first-order chi connectivity index (χ1) is 4.84. The number of dihydropyridines is 1. The van der Waals surface area contributed by atoms with E-state index in [9.17, 15) is 0 Å². The highest BCUT2D eigenvalue weighted by Gasteiger charge is 2.09. The van der Waals surface area contributed by atoms with Crippen LogP contribution in [-0.4, -0.2) is 18.1 Å². The van der Waals surface area contributed by atoms with Crippen LogP contribution in [0.1, 0.15) is 6.42 Å². The second-order valence-corrected chi connectivity index (χ2v) is 2.03. The van der Waals surface area contributed by atoms with Crippen molar-refractivity contribution in [1.29, 1.82) is 0 Å². The minimum Gasteiger partial charge on any atom is -0.384 e. The third kappa shape index (κ3) is 1.34. The zero-order valence-electron chi connectivity index (χ0n) is 5.57. The summed E-state index contributed by atoms with van der Waals surface area (Å²) in [6.45, 7) is 0. The van der Waals surface area contributed by atoms with E-state index in [-0.39, 0.29) is 6.04 Å². The van der Waals surface area contributed by atoms with Gasteiger partial charge < -0.3 is 11.6 Å². The average Bonchev–Trinajstić information content (AvgIpc) is 2.05. The van der Waals surface area contributed by atoms with Gasteiger partial charge in [-0.2, -0.15) is 5.10 Å². The lowest BCUT2D eigenvalue weighted by Crippen LogP contribution is -2.29. The molecule has 0 aliphatic carbocycles. The minimum absolute atomic E-state index is 0.0463. The summed E-state index contributed by atoms with van der Waals surface area (Å²) in [4.78, 5) is 4.05. The summed E-state index contributed by atoms with van der Waals surface area (Å²) in [6.07, 6.45) is 6.35. The average molecular weight is 138 g/mol. The summed E-state index contributed by atoms with van der Waals surface area (Å²) in [7, 11) is 0. The van der Waals surface area contributed by atoms with Crippen molar-refractivity contribution in [2.24, 2.45) is 21.7 Å². The van der Waals surface area contributed by atoms with Crippen LogP contribution >= 0.6 is 0 Å². The Kier molecular flexibility index (Phi) is 2.04. The Morgan fingerprint density at radius 2 is 2.50 bits per heavy atom. The fourth-order valence-electron chi connectivity index (χ4n) is 0.766. The Labute approximate surface area is 59.3 Å². The van der Waals surface area contributed by atoms with Gasteiger partial charge in [-0.05, 0) is 12.5 Å². The van der Waals surface area contributed by atoms with E-state index in [0.717, 1.165) is 6.42 Å². The zero-order valence-corrected chi connectivity index (χ0v) is 5.57. The molecule has 0 saturated heterocycles. The SMILES string of the molecule is N/N=C(/N)[C@@H]1CC=CC=N1. The van der Waals surface area contributed by atoms with Gasteiger partial charge in [0, 0.05) is 6.21 Å². The standard InChI is InChI=1S/C6H10N4/c7-6(10-8)5-3-1-2-4-9-5/h1-2,4-5H,3,8H2,(H2,7,10)/t5-/m0/s1. The highest BCUT2D eigenvalue weighted by atomic mass is 15.2. The highest BCUT2D eigenvalue weighted by Crippen LogP contribution is 2.02. The molecule has 0 radical (unpaired) electrons. The molecule has 1 rings (SSSR count). The predicted molar refractivity (Wildman–Crippen MR) is 41.8 cm³/mol. The van der Waals surface area contributed by atoms with Crippen molar-refractivity contribution in [3.05, 3.63) is 12.2 Å². The molecule has 54 valence electrons. The topological polar surface area (TPSA) is 76.8 Å². The van der Waals surface area contributed by atoms with Crippen LogP contribution in [0.3, 0.4) is 0 Å². The number of allylic oxidation sites excluding steroid dienone is 1. The molecule has 0 saturated carbocycles. The van der Waals surface area contributed by atoms with E-state index in [4.69, 9.17) is 11.6 Å². The summed E-state index contributed by atoms with van der Waals surface area (Å²) >= 11 is 0. The molecule has 1 heterocycles. The van der Waals surface area contributed by atoms with Crippen LogP contribution in [0.4, 0.5) is 0 Å². The highest BCUT2D eigenvalue weighted by molar-refractivity contribution is 5.88. The first-order valence-corrected chi connectivity index (χ1v) is 3.06. The molecule has 1 aliphatic rings. The Bertz CT molecular complexity index is 192. The molecular weight excluding hydrogens is 128 g/mol. The molecule has 4 heteroatoms. The van der Waals surface area contributed by atoms with Crippen LogP contribution in [0.15, 0.2) is 22.2 Å². The van der Waals surface area contributed by atoms with E-state index in [2.05, 4.69) is 10.1 Å². The molecule has 0 unspecified atom stereocenters. The van der Waals surface area contributed by atoms with Crippen molar-refractivity contribution < 1.29 is 0 Å². The third-order valence-electron chi connectivity index (χ3n) is 1.34. The summed E-state index contributed by atoms with van der Waals surface area (Å²) in [6, 6.07) is -0.0463. The van der Waals surface area contributed by atoms with Crippen LogP contribution in [0.2, 0.25) is 0 Å². The van der Waals surface area contributed by atoms with Gasteiger partial charge in [0.05, 0.1) is 0 Å². The van der Waals surface area contributed by atoms with Crippen LogP contribution in [0.25, 0.3) is 0 Å². The van der Waals surface area contributed by atoms with Crippen molar-refractivity contribution in [2.45, 2.75) is 12.5 Å². The van der Waals surface area contributed by atoms with Crippen LogP contribution in [-0.2, 0) is 0 Å². The van der Waals surface area contributed by atoms with Gasteiger partial charge in [-0.15, -0.1) is 0 Å². The first-order valence-electron chi connectivity index (χ1n) is 3.06. The maximum Gasteiger partial charge on any atom is 0.144 e. The van der Waals surface area contributed by atoms with Gasteiger partial charge in [-0.1, -0.05) is 6.08 Å². The summed E-state index contributed by atoms with van der Waals surface area (Å²) in [5.41, 5.74) is 5.43. The monoisotopic (exact) mass is 138 g/mol. The normalized spacial score (nSPS) is 25.2. The fraction of sp³-hybridized carbons (Fsp3) is 0.333. The quantitative estimate of drug-likeness (QED) is 0.224. The number of nitrogens with two attached hydrogens (primary N) is 2. The lowest BCUT2D eigenvalue weighted by molar-refractivity contribution is 0.857. The number of aliphatic imine (C=N–C) groups is 1. The number of rotatable bonds is 1. The minimum atomic E-state index is -0.0463. The van der Waals surface area contributed by atoms with E-state index in [1.54, 1.807) is 6.21 Å².